The van der Waals surface area contributed by atoms with E-state index in [9.17, 15) is 5.11 Å². The average Bonchev–Trinajstić information content (AvgIpc) is 3.27. The predicted octanol–water partition coefficient (Wildman–Crippen LogP) is 3.48. The number of H-pyrrole nitrogens is 1. The number of ether oxygens (including phenoxy) is 3. The first-order valence-electron chi connectivity index (χ1n) is 10.8. The number of fused-ring (bicyclic) bond motifs is 3. The molecule has 35 heavy (non-hydrogen) atoms. The summed E-state index contributed by atoms with van der Waals surface area (Å²) in [5.74, 6) is 2.18. The Morgan fingerprint density at radius 3 is 2.40 bits per heavy atom. The molecule has 0 aliphatic rings. The van der Waals surface area contributed by atoms with Crippen molar-refractivity contribution < 1.29 is 40.1 Å². The van der Waals surface area contributed by atoms with Gasteiger partial charge in [0.25, 0.3) is 0 Å². The lowest BCUT2D eigenvalue weighted by atomic mass is 10.1. The molecule has 0 spiro atoms. The number of aliphatic hydroxyl groups is 1. The number of benzene rings is 3. The number of aliphatic hydroxyl groups excluding tert-OH is 1. The Balaban J connectivity index is 0.000000694. The van der Waals surface area contributed by atoms with E-state index in [-0.39, 0.29) is 8.03 Å². The topological polar surface area (TPSA) is 145 Å². The SMILES string of the molecule is COc1ccccc1OCCNCC(O)COc1cccc2[nH]c3ccccc3c12.O=[P+]([O-])OO.[HH]. The fourth-order valence-corrected chi connectivity index (χ4v) is 3.47. The smallest absolute Gasteiger partial charge is 0.521 e. The molecular formula is C24H29N2O8P. The van der Waals surface area contributed by atoms with Gasteiger partial charge in [-0.2, -0.15) is 0 Å². The maximum Gasteiger partial charge on any atom is 0.521 e. The quantitative estimate of drug-likeness (QED) is 0.104. The Labute approximate surface area is 204 Å². The first-order chi connectivity index (χ1) is 17.0. The highest BCUT2D eigenvalue weighted by molar-refractivity contribution is 7.30. The lowest BCUT2D eigenvalue weighted by molar-refractivity contribution is -0.244. The summed E-state index contributed by atoms with van der Waals surface area (Å²) < 4.78 is 28.6. The van der Waals surface area contributed by atoms with E-state index in [0.717, 1.165) is 27.6 Å². The Morgan fingerprint density at radius 1 is 1.00 bits per heavy atom. The molecule has 1 heterocycles. The van der Waals surface area contributed by atoms with Crippen LogP contribution in [-0.4, -0.2) is 54.9 Å². The lowest BCUT2D eigenvalue weighted by Crippen LogP contribution is -2.33. The molecule has 1 aromatic heterocycles. The molecule has 2 unspecified atom stereocenters. The minimum absolute atomic E-state index is 0. The van der Waals surface area contributed by atoms with Gasteiger partial charge in [0.2, 0.25) is 0 Å². The van der Waals surface area contributed by atoms with Gasteiger partial charge in [0.1, 0.15) is 25.1 Å². The molecule has 10 nitrogen and oxygen atoms in total. The van der Waals surface area contributed by atoms with Crippen LogP contribution in [0.5, 0.6) is 17.2 Å². The molecular weight excluding hydrogens is 475 g/mol. The molecule has 2 atom stereocenters. The molecule has 4 aromatic rings. The zero-order valence-corrected chi connectivity index (χ0v) is 19.9. The molecule has 4 rings (SSSR count). The van der Waals surface area contributed by atoms with Crippen LogP contribution >= 0.6 is 8.25 Å². The van der Waals surface area contributed by atoms with Crippen molar-refractivity contribution in [2.24, 2.45) is 0 Å². The summed E-state index contributed by atoms with van der Waals surface area (Å²) in [7, 11) is -1.42. The second kappa shape index (κ2) is 13.6. The van der Waals surface area contributed by atoms with Crippen LogP contribution in [0.2, 0.25) is 0 Å². The van der Waals surface area contributed by atoms with Gasteiger partial charge in [-0.05, 0) is 34.9 Å². The number of aromatic amines is 1. The summed E-state index contributed by atoms with van der Waals surface area (Å²) in [6.07, 6.45) is -0.628. The van der Waals surface area contributed by atoms with Crippen LogP contribution in [0.3, 0.4) is 0 Å². The monoisotopic (exact) mass is 504 g/mol. The van der Waals surface area contributed by atoms with Crippen molar-refractivity contribution in [1.82, 2.24) is 10.3 Å². The van der Waals surface area contributed by atoms with Crippen molar-refractivity contribution >= 4 is 30.1 Å². The molecule has 0 saturated heterocycles. The third kappa shape index (κ3) is 7.63. The highest BCUT2D eigenvalue weighted by atomic mass is 31.1. The number of hydrogen-bond donors (Lipinski definition) is 4. The molecule has 4 N–H and O–H groups in total. The van der Waals surface area contributed by atoms with E-state index in [4.69, 9.17) is 28.9 Å². The highest BCUT2D eigenvalue weighted by Gasteiger charge is 2.11. The first kappa shape index (κ1) is 26.4. The van der Waals surface area contributed by atoms with E-state index >= 15 is 0 Å². The third-order valence-electron chi connectivity index (χ3n) is 4.98. The summed E-state index contributed by atoms with van der Waals surface area (Å²) in [6.45, 7) is 1.70. The van der Waals surface area contributed by atoms with Gasteiger partial charge in [0.15, 0.2) is 11.5 Å². The van der Waals surface area contributed by atoms with E-state index in [1.165, 1.54) is 0 Å². The number of methoxy groups -OCH3 is 1. The lowest BCUT2D eigenvalue weighted by Gasteiger charge is -2.15. The van der Waals surface area contributed by atoms with Gasteiger partial charge >= 0.3 is 8.25 Å². The Kier molecular flexibility index (Phi) is 10.2. The normalized spacial score (nSPS) is 12.1. The van der Waals surface area contributed by atoms with Gasteiger partial charge < -0.3 is 34.5 Å². The van der Waals surface area contributed by atoms with Crippen LogP contribution in [-0.2, 0) is 9.24 Å². The molecule has 0 bridgehead atoms. The molecule has 0 aliphatic carbocycles. The van der Waals surface area contributed by atoms with E-state index < -0.39 is 14.4 Å². The van der Waals surface area contributed by atoms with Crippen molar-refractivity contribution in [3.8, 4) is 17.2 Å². The van der Waals surface area contributed by atoms with Gasteiger partial charge in [0, 0.05) is 35.5 Å². The third-order valence-corrected chi connectivity index (χ3v) is 5.11. The molecule has 0 fully saturated rings. The second-order valence-corrected chi connectivity index (χ2v) is 7.93. The molecule has 0 amide bonds. The molecule has 188 valence electrons. The number of nitrogens with one attached hydrogen (secondary N) is 2. The summed E-state index contributed by atoms with van der Waals surface area (Å²) >= 11 is 0. The predicted molar refractivity (Wildman–Crippen MR) is 132 cm³/mol. The van der Waals surface area contributed by atoms with Gasteiger partial charge in [-0.15, -0.1) is 0 Å². The van der Waals surface area contributed by atoms with Crippen LogP contribution in [0.4, 0.5) is 0 Å². The molecule has 0 radical (unpaired) electrons. The summed E-state index contributed by atoms with van der Waals surface area (Å²) in [5, 5.41) is 22.7. The summed E-state index contributed by atoms with van der Waals surface area (Å²) in [6, 6.07) is 21.6. The first-order valence-corrected chi connectivity index (χ1v) is 11.9. The zero-order chi connectivity index (χ0) is 25.0. The minimum Gasteiger partial charge on any atom is -0.565 e. The van der Waals surface area contributed by atoms with E-state index in [2.05, 4.69) is 21.0 Å². The van der Waals surface area contributed by atoms with E-state index in [1.54, 1.807) is 7.11 Å². The number of aromatic nitrogens is 1. The summed E-state index contributed by atoms with van der Waals surface area (Å²) in [5.41, 5.74) is 2.09. The van der Waals surface area contributed by atoms with Crippen LogP contribution < -0.4 is 24.4 Å². The number of hydrogen-bond acceptors (Lipinski definition) is 9. The number of rotatable bonds is 11. The van der Waals surface area contributed by atoms with Crippen LogP contribution in [0.15, 0.2) is 66.7 Å². The van der Waals surface area contributed by atoms with E-state index in [0.29, 0.717) is 31.2 Å². The Hall–Kier alpha value is -3.24. The van der Waals surface area contributed by atoms with Gasteiger partial charge in [0.05, 0.1) is 12.6 Å². The van der Waals surface area contributed by atoms with Gasteiger partial charge in [-0.3, -0.25) is 0 Å². The molecule has 11 heteroatoms. The van der Waals surface area contributed by atoms with Gasteiger partial charge in [-0.25, -0.2) is 5.26 Å². The highest BCUT2D eigenvalue weighted by Crippen LogP contribution is 2.33. The van der Waals surface area contributed by atoms with Crippen molar-refractivity contribution in [1.29, 1.82) is 0 Å². The standard InChI is InChI=1S/C24H26N2O4.HO4P.H2/c1-28-21-10-4-5-11-22(21)29-14-13-25-15-17(27)16-30-23-12-6-9-20-24(23)18-7-2-3-8-19(18)26-20;1-4-5(2)3;/h2-12,17,25-27H,13-16H2,1H3;1H;1H. The Morgan fingerprint density at radius 2 is 1.66 bits per heavy atom. The van der Waals surface area contributed by atoms with E-state index in [1.807, 2.05) is 60.7 Å². The fraction of sp³-hybridized carbons (Fsp3) is 0.250. The van der Waals surface area contributed by atoms with Crippen molar-refractivity contribution in [3.63, 3.8) is 0 Å². The van der Waals surface area contributed by atoms with Crippen molar-refractivity contribution in [3.05, 3.63) is 66.7 Å². The number of para-hydroxylation sites is 3. The zero-order valence-electron chi connectivity index (χ0n) is 19.0. The van der Waals surface area contributed by atoms with Crippen LogP contribution in [0.1, 0.15) is 1.43 Å². The molecule has 0 saturated carbocycles. The Bertz CT molecular complexity index is 1240. The second-order valence-electron chi connectivity index (χ2n) is 7.32. The molecule has 0 aliphatic heterocycles. The molecule has 3 aromatic carbocycles. The largest absolute Gasteiger partial charge is 0.565 e. The summed E-state index contributed by atoms with van der Waals surface area (Å²) in [4.78, 5) is 12.3. The van der Waals surface area contributed by atoms with Crippen LogP contribution in [0.25, 0.3) is 21.8 Å². The van der Waals surface area contributed by atoms with Crippen molar-refractivity contribution in [2.75, 3.05) is 33.4 Å². The van der Waals surface area contributed by atoms with Crippen molar-refractivity contribution in [2.45, 2.75) is 6.10 Å². The van der Waals surface area contributed by atoms with Crippen LogP contribution in [0, 0.1) is 0 Å². The maximum absolute atomic E-state index is 10.3. The van der Waals surface area contributed by atoms with Gasteiger partial charge in [-0.1, -0.05) is 36.4 Å². The minimum atomic E-state index is -3.04. The maximum atomic E-state index is 10.3. The fourth-order valence-electron chi connectivity index (χ4n) is 3.47. The average molecular weight is 504 g/mol.